The van der Waals surface area contributed by atoms with E-state index in [0.29, 0.717) is 0 Å². The molecule has 0 aromatic rings. The largest absolute Gasteiger partial charge is 0.311 e. The number of nitrogens with one attached hydrogen (secondary N) is 1. The van der Waals surface area contributed by atoms with Crippen molar-refractivity contribution in [2.24, 2.45) is 17.8 Å². The summed E-state index contributed by atoms with van der Waals surface area (Å²) in [6.07, 6.45) is 13.3. The fraction of sp³-hybridized carbons (Fsp3) is 1.00. The van der Waals surface area contributed by atoms with Crippen LogP contribution in [-0.4, -0.2) is 12.1 Å². The van der Waals surface area contributed by atoms with Gasteiger partial charge < -0.3 is 5.32 Å². The van der Waals surface area contributed by atoms with E-state index in [9.17, 15) is 0 Å². The first kappa shape index (κ1) is 11.1. The zero-order valence-electron chi connectivity index (χ0n) is 10.8. The van der Waals surface area contributed by atoms with E-state index in [1.807, 2.05) is 0 Å². The lowest BCUT2D eigenvalue weighted by Gasteiger charge is -2.52. The maximum Gasteiger partial charge on any atom is 0.0101 e. The molecule has 0 aromatic heterocycles. The molecule has 3 aliphatic rings. The minimum atomic E-state index is 0.887. The number of hydrogen-bond donors (Lipinski definition) is 1. The summed E-state index contributed by atoms with van der Waals surface area (Å²) in [5.74, 6) is 3.10. The lowest BCUT2D eigenvalue weighted by molar-refractivity contribution is 0.0253. The molecule has 1 N–H and O–H groups in total. The quantitative estimate of drug-likeness (QED) is 0.711. The molecule has 2 saturated carbocycles. The predicted octanol–water partition coefficient (Wildman–Crippen LogP) is 3.73. The van der Waals surface area contributed by atoms with Crippen LogP contribution >= 0.6 is 0 Å². The van der Waals surface area contributed by atoms with Gasteiger partial charge in [-0.3, -0.25) is 0 Å². The van der Waals surface area contributed by atoms with Gasteiger partial charge in [-0.15, -0.1) is 0 Å². The Hall–Kier alpha value is -0.0400. The zero-order valence-corrected chi connectivity index (χ0v) is 10.8. The highest BCUT2D eigenvalue weighted by molar-refractivity contribution is 4.99. The summed E-state index contributed by atoms with van der Waals surface area (Å²) in [5.41, 5.74) is 0. The molecule has 1 saturated heterocycles. The Bertz CT molecular complexity index is 216. The Morgan fingerprint density at radius 1 is 0.812 bits per heavy atom. The van der Waals surface area contributed by atoms with Gasteiger partial charge in [0, 0.05) is 12.1 Å². The third kappa shape index (κ3) is 1.81. The summed E-state index contributed by atoms with van der Waals surface area (Å²) >= 11 is 0. The Morgan fingerprint density at radius 3 is 1.81 bits per heavy atom. The first-order valence-electron chi connectivity index (χ1n) is 7.66. The second-order valence-corrected chi connectivity index (χ2v) is 6.35. The van der Waals surface area contributed by atoms with Crippen molar-refractivity contribution in [3.05, 3.63) is 0 Å². The molecule has 1 nitrogen and oxygen atoms in total. The highest BCUT2D eigenvalue weighted by Crippen LogP contribution is 2.45. The smallest absolute Gasteiger partial charge is 0.0101 e. The van der Waals surface area contributed by atoms with E-state index < -0.39 is 0 Å². The van der Waals surface area contributed by atoms with E-state index in [4.69, 9.17) is 0 Å². The van der Waals surface area contributed by atoms with E-state index in [-0.39, 0.29) is 0 Å². The van der Waals surface area contributed by atoms with Crippen LogP contribution in [0.15, 0.2) is 0 Å². The third-order valence-electron chi connectivity index (χ3n) is 5.64. The first-order valence-corrected chi connectivity index (χ1v) is 7.66. The lowest BCUT2D eigenvalue weighted by Crippen LogP contribution is -2.58. The van der Waals surface area contributed by atoms with Gasteiger partial charge in [0.25, 0.3) is 0 Å². The molecule has 4 unspecified atom stereocenters. The highest BCUT2D eigenvalue weighted by Gasteiger charge is 2.44. The summed E-state index contributed by atoms with van der Waals surface area (Å²) in [6.45, 7) is 2.44. The van der Waals surface area contributed by atoms with Crippen molar-refractivity contribution in [2.45, 2.75) is 76.8 Å². The summed E-state index contributed by atoms with van der Waals surface area (Å²) in [7, 11) is 0. The van der Waals surface area contributed by atoms with Crippen molar-refractivity contribution >= 4 is 0 Å². The average Bonchev–Trinajstić information content (AvgIpc) is 2.36. The van der Waals surface area contributed by atoms with Crippen LogP contribution in [-0.2, 0) is 0 Å². The second-order valence-electron chi connectivity index (χ2n) is 6.35. The van der Waals surface area contributed by atoms with Crippen molar-refractivity contribution in [3.8, 4) is 0 Å². The summed E-state index contributed by atoms with van der Waals surface area (Å²) in [5, 5.41) is 4.02. The first-order chi connectivity index (χ1) is 7.90. The van der Waals surface area contributed by atoms with Crippen LogP contribution in [0.25, 0.3) is 0 Å². The van der Waals surface area contributed by atoms with Gasteiger partial charge >= 0.3 is 0 Å². The molecule has 1 heterocycles. The molecule has 0 radical (unpaired) electrons. The third-order valence-corrected chi connectivity index (χ3v) is 5.64. The second kappa shape index (κ2) is 4.68. The van der Waals surface area contributed by atoms with Gasteiger partial charge in [0.1, 0.15) is 0 Å². The zero-order chi connectivity index (χ0) is 11.0. The van der Waals surface area contributed by atoms with Gasteiger partial charge in [0.2, 0.25) is 0 Å². The highest BCUT2D eigenvalue weighted by atomic mass is 15.0. The molecule has 2 aliphatic carbocycles. The van der Waals surface area contributed by atoms with Crippen LogP contribution < -0.4 is 5.32 Å². The minimum Gasteiger partial charge on any atom is -0.311 e. The minimum absolute atomic E-state index is 0.887. The molecule has 3 rings (SSSR count). The van der Waals surface area contributed by atoms with Crippen LogP contribution in [0.5, 0.6) is 0 Å². The van der Waals surface area contributed by atoms with E-state index >= 15 is 0 Å². The summed E-state index contributed by atoms with van der Waals surface area (Å²) in [4.78, 5) is 0. The van der Waals surface area contributed by atoms with E-state index in [1.165, 1.54) is 57.8 Å². The number of rotatable bonds is 1. The van der Waals surface area contributed by atoms with Gasteiger partial charge in [-0.2, -0.15) is 0 Å². The lowest BCUT2D eigenvalue weighted by atomic mass is 9.62. The van der Waals surface area contributed by atoms with Gasteiger partial charge in [-0.25, -0.2) is 0 Å². The maximum atomic E-state index is 4.02. The van der Waals surface area contributed by atoms with Crippen LogP contribution in [0.4, 0.5) is 0 Å². The molecule has 0 bridgehead atoms. The molecular weight excluding hydrogens is 194 g/mol. The molecule has 3 fully saturated rings. The van der Waals surface area contributed by atoms with Gasteiger partial charge in [0.05, 0.1) is 0 Å². The van der Waals surface area contributed by atoms with E-state index in [2.05, 4.69) is 12.2 Å². The molecule has 92 valence electrons. The van der Waals surface area contributed by atoms with Gasteiger partial charge in [-0.1, -0.05) is 39.0 Å². The standard InChI is InChI=1S/C15H27N/c1-2-11-12-7-3-5-9-14(12)16-15-10-6-4-8-13(11)15/h11-16H,2-10H2,1H3. The van der Waals surface area contributed by atoms with Crippen LogP contribution in [0.3, 0.4) is 0 Å². The van der Waals surface area contributed by atoms with Gasteiger partial charge in [0.15, 0.2) is 0 Å². The summed E-state index contributed by atoms with van der Waals surface area (Å²) < 4.78 is 0. The van der Waals surface area contributed by atoms with Crippen LogP contribution in [0, 0.1) is 17.8 Å². The monoisotopic (exact) mass is 221 g/mol. The molecule has 4 atom stereocenters. The normalized spacial score (nSPS) is 48.2. The molecule has 0 amide bonds. The molecule has 0 spiro atoms. The fourth-order valence-corrected chi connectivity index (χ4v) is 4.96. The Morgan fingerprint density at radius 2 is 1.31 bits per heavy atom. The average molecular weight is 221 g/mol. The van der Waals surface area contributed by atoms with Crippen molar-refractivity contribution in [1.82, 2.24) is 5.32 Å². The Labute approximate surface area is 100 Å². The van der Waals surface area contributed by atoms with Crippen LogP contribution in [0.2, 0.25) is 0 Å². The molecule has 1 heteroatoms. The maximum absolute atomic E-state index is 4.02. The van der Waals surface area contributed by atoms with E-state index in [0.717, 1.165) is 29.8 Å². The Balaban J connectivity index is 1.78. The molecule has 1 aliphatic heterocycles. The van der Waals surface area contributed by atoms with Crippen molar-refractivity contribution in [1.29, 1.82) is 0 Å². The number of fused-ring (bicyclic) bond motifs is 2. The van der Waals surface area contributed by atoms with Crippen molar-refractivity contribution < 1.29 is 0 Å². The Kier molecular flexibility index (Phi) is 3.24. The SMILES string of the molecule is CCC1C2CCCCC2NC2CCCCC21. The number of hydrogen-bond acceptors (Lipinski definition) is 1. The van der Waals surface area contributed by atoms with Crippen LogP contribution in [0.1, 0.15) is 64.7 Å². The molecular formula is C15H27N. The molecule has 0 aromatic carbocycles. The van der Waals surface area contributed by atoms with Gasteiger partial charge in [-0.05, 0) is 43.4 Å². The topological polar surface area (TPSA) is 12.0 Å². The fourth-order valence-electron chi connectivity index (χ4n) is 4.96. The number of piperidine rings is 1. The summed E-state index contributed by atoms with van der Waals surface area (Å²) in [6, 6.07) is 1.77. The predicted molar refractivity (Wildman–Crippen MR) is 68.4 cm³/mol. The van der Waals surface area contributed by atoms with Crippen molar-refractivity contribution in [2.75, 3.05) is 0 Å². The van der Waals surface area contributed by atoms with E-state index in [1.54, 1.807) is 0 Å². The van der Waals surface area contributed by atoms with Crippen molar-refractivity contribution in [3.63, 3.8) is 0 Å². The molecule has 16 heavy (non-hydrogen) atoms.